The highest BCUT2D eigenvalue weighted by atomic mass is 16.6. The molecule has 188 valence electrons. The van der Waals surface area contributed by atoms with Crippen molar-refractivity contribution in [3.8, 4) is 5.75 Å². The number of imide groups is 1. The zero-order valence-electron chi connectivity index (χ0n) is 20.1. The summed E-state index contributed by atoms with van der Waals surface area (Å²) in [5.41, 5.74) is 0.761. The molecule has 0 bridgehead atoms. The van der Waals surface area contributed by atoms with Crippen LogP contribution in [0.2, 0.25) is 0 Å². The molecule has 1 saturated heterocycles. The van der Waals surface area contributed by atoms with Gasteiger partial charge in [0.15, 0.2) is 0 Å². The Kier molecular flexibility index (Phi) is 7.10. The summed E-state index contributed by atoms with van der Waals surface area (Å²) in [5.74, 6) is -1.98. The third kappa shape index (κ3) is 5.22. The molecular formula is C27H23N3O7. The first-order chi connectivity index (χ1) is 17.7. The van der Waals surface area contributed by atoms with Crippen molar-refractivity contribution in [2.75, 3.05) is 4.90 Å². The van der Waals surface area contributed by atoms with Gasteiger partial charge in [-0.25, -0.2) is 4.90 Å². The number of esters is 1. The van der Waals surface area contributed by atoms with E-state index < -0.39 is 40.7 Å². The van der Waals surface area contributed by atoms with E-state index in [1.807, 2.05) is 6.07 Å². The van der Waals surface area contributed by atoms with Crippen molar-refractivity contribution in [1.29, 1.82) is 0 Å². The van der Waals surface area contributed by atoms with E-state index in [-0.39, 0.29) is 29.1 Å². The Morgan fingerprint density at radius 2 is 1.70 bits per heavy atom. The standard InChI is InChI=1S/C27H23N3O7/c1-17(19-7-4-3-5-8-19)28(26(33)20-9-6-10-22(15-20)30(35)36)24-16-25(32)29(27(24)34)21-11-13-23(14-12-21)37-18(2)31/h3-15,17,24H,16H2,1-2H3. The molecule has 1 aliphatic heterocycles. The minimum atomic E-state index is -1.14. The van der Waals surface area contributed by atoms with Crippen molar-refractivity contribution >= 4 is 35.1 Å². The molecule has 37 heavy (non-hydrogen) atoms. The molecular weight excluding hydrogens is 478 g/mol. The van der Waals surface area contributed by atoms with Crippen molar-refractivity contribution in [2.24, 2.45) is 0 Å². The zero-order chi connectivity index (χ0) is 26.7. The van der Waals surface area contributed by atoms with Crippen LogP contribution >= 0.6 is 0 Å². The van der Waals surface area contributed by atoms with Gasteiger partial charge in [0.1, 0.15) is 11.8 Å². The number of hydrogen-bond donors (Lipinski definition) is 0. The smallest absolute Gasteiger partial charge is 0.308 e. The molecule has 0 radical (unpaired) electrons. The Hall–Kier alpha value is -4.86. The Morgan fingerprint density at radius 3 is 2.32 bits per heavy atom. The Bertz CT molecular complexity index is 1370. The number of anilines is 1. The highest BCUT2D eigenvalue weighted by Gasteiger charge is 2.46. The van der Waals surface area contributed by atoms with E-state index in [2.05, 4.69) is 0 Å². The molecule has 3 amide bonds. The molecule has 2 atom stereocenters. The topological polar surface area (TPSA) is 127 Å². The van der Waals surface area contributed by atoms with E-state index in [4.69, 9.17) is 4.74 Å². The van der Waals surface area contributed by atoms with Gasteiger partial charge in [0.2, 0.25) is 5.91 Å². The van der Waals surface area contributed by atoms with Gasteiger partial charge in [0.25, 0.3) is 17.5 Å². The van der Waals surface area contributed by atoms with Crippen LogP contribution in [0.3, 0.4) is 0 Å². The average Bonchev–Trinajstić information content (AvgIpc) is 3.18. The summed E-state index contributed by atoms with van der Waals surface area (Å²) in [6.07, 6.45) is -0.262. The highest BCUT2D eigenvalue weighted by Crippen LogP contribution is 2.33. The fraction of sp³-hybridized carbons (Fsp3) is 0.185. The first-order valence-electron chi connectivity index (χ1n) is 11.4. The third-order valence-corrected chi connectivity index (χ3v) is 6.05. The Morgan fingerprint density at radius 1 is 1.03 bits per heavy atom. The van der Waals surface area contributed by atoms with Gasteiger partial charge in [-0.1, -0.05) is 36.4 Å². The third-order valence-electron chi connectivity index (χ3n) is 6.05. The number of hydrogen-bond acceptors (Lipinski definition) is 7. The molecule has 10 heteroatoms. The molecule has 0 N–H and O–H groups in total. The lowest BCUT2D eigenvalue weighted by Crippen LogP contribution is -2.46. The van der Waals surface area contributed by atoms with Crippen LogP contribution in [0.4, 0.5) is 11.4 Å². The molecule has 4 rings (SSSR count). The van der Waals surface area contributed by atoms with Crippen LogP contribution in [-0.2, 0) is 14.4 Å². The number of nitro benzene ring substituents is 1. The zero-order valence-corrected chi connectivity index (χ0v) is 20.1. The van der Waals surface area contributed by atoms with E-state index in [1.165, 1.54) is 54.3 Å². The van der Waals surface area contributed by atoms with Crippen molar-refractivity contribution < 1.29 is 28.8 Å². The van der Waals surface area contributed by atoms with Gasteiger partial charge in [0.05, 0.1) is 23.1 Å². The van der Waals surface area contributed by atoms with Crippen LogP contribution in [0, 0.1) is 10.1 Å². The molecule has 1 aliphatic rings. The average molecular weight is 501 g/mol. The van der Waals surface area contributed by atoms with Gasteiger partial charge in [-0.2, -0.15) is 0 Å². The number of benzene rings is 3. The van der Waals surface area contributed by atoms with Crippen LogP contribution < -0.4 is 9.64 Å². The molecule has 3 aromatic carbocycles. The van der Waals surface area contributed by atoms with Crippen molar-refractivity contribution in [3.63, 3.8) is 0 Å². The van der Waals surface area contributed by atoms with Crippen LogP contribution in [0.5, 0.6) is 5.75 Å². The molecule has 0 saturated carbocycles. The minimum absolute atomic E-state index is 0.0291. The number of carbonyl (C=O) groups is 4. The molecule has 1 fully saturated rings. The summed E-state index contributed by atoms with van der Waals surface area (Å²) in [6, 6.07) is 18.4. The second kappa shape index (κ2) is 10.4. The van der Waals surface area contributed by atoms with Gasteiger partial charge < -0.3 is 9.64 Å². The second-order valence-electron chi connectivity index (χ2n) is 8.48. The number of amides is 3. The molecule has 1 heterocycles. The lowest BCUT2D eigenvalue weighted by molar-refractivity contribution is -0.384. The number of ether oxygens (including phenoxy) is 1. The largest absolute Gasteiger partial charge is 0.427 e. The fourth-order valence-electron chi connectivity index (χ4n) is 4.31. The Labute approximate surface area is 212 Å². The van der Waals surface area contributed by atoms with Crippen LogP contribution in [-0.4, -0.2) is 39.6 Å². The van der Waals surface area contributed by atoms with Crippen molar-refractivity contribution in [1.82, 2.24) is 4.90 Å². The minimum Gasteiger partial charge on any atom is -0.427 e. The quantitative estimate of drug-likeness (QED) is 0.157. The number of nitro groups is 1. The van der Waals surface area contributed by atoms with Crippen LogP contribution in [0.25, 0.3) is 0 Å². The van der Waals surface area contributed by atoms with Crippen molar-refractivity contribution in [3.05, 3.63) is 100 Å². The van der Waals surface area contributed by atoms with E-state index in [9.17, 15) is 29.3 Å². The van der Waals surface area contributed by atoms with Gasteiger partial charge in [-0.05, 0) is 42.8 Å². The normalized spacial score (nSPS) is 15.8. The van der Waals surface area contributed by atoms with Crippen molar-refractivity contribution in [2.45, 2.75) is 32.4 Å². The molecule has 2 unspecified atom stereocenters. The van der Waals surface area contributed by atoms with Gasteiger partial charge in [-0.15, -0.1) is 0 Å². The summed E-state index contributed by atoms with van der Waals surface area (Å²) >= 11 is 0. The summed E-state index contributed by atoms with van der Waals surface area (Å²) in [6.45, 7) is 2.99. The summed E-state index contributed by atoms with van der Waals surface area (Å²) < 4.78 is 5.00. The number of non-ortho nitro benzene ring substituents is 1. The van der Waals surface area contributed by atoms with E-state index in [0.717, 1.165) is 16.5 Å². The summed E-state index contributed by atoms with van der Waals surface area (Å²) in [7, 11) is 0. The van der Waals surface area contributed by atoms with E-state index in [0.29, 0.717) is 0 Å². The van der Waals surface area contributed by atoms with Crippen LogP contribution in [0.15, 0.2) is 78.9 Å². The molecule has 0 spiro atoms. The molecule has 10 nitrogen and oxygen atoms in total. The van der Waals surface area contributed by atoms with E-state index >= 15 is 0 Å². The number of carbonyl (C=O) groups excluding carboxylic acids is 4. The monoisotopic (exact) mass is 501 g/mol. The maximum Gasteiger partial charge on any atom is 0.308 e. The van der Waals surface area contributed by atoms with Crippen LogP contribution in [0.1, 0.15) is 42.2 Å². The van der Waals surface area contributed by atoms with Gasteiger partial charge in [0, 0.05) is 24.6 Å². The predicted molar refractivity (Wildman–Crippen MR) is 133 cm³/mol. The summed E-state index contributed by atoms with van der Waals surface area (Å²) in [5, 5.41) is 11.3. The maximum atomic E-state index is 13.7. The second-order valence-corrected chi connectivity index (χ2v) is 8.48. The first-order valence-corrected chi connectivity index (χ1v) is 11.4. The lowest BCUT2D eigenvalue weighted by atomic mass is 10.0. The molecule has 3 aromatic rings. The van der Waals surface area contributed by atoms with Gasteiger partial charge >= 0.3 is 5.97 Å². The van der Waals surface area contributed by atoms with Gasteiger partial charge in [-0.3, -0.25) is 29.3 Å². The fourth-order valence-corrected chi connectivity index (χ4v) is 4.31. The predicted octanol–water partition coefficient (Wildman–Crippen LogP) is 4.06. The molecule has 0 aliphatic carbocycles. The van der Waals surface area contributed by atoms with E-state index in [1.54, 1.807) is 31.2 Å². The number of nitrogens with zero attached hydrogens (tertiary/aromatic N) is 3. The lowest BCUT2D eigenvalue weighted by Gasteiger charge is -2.33. The first kappa shape index (κ1) is 25.2. The number of rotatable bonds is 7. The maximum absolute atomic E-state index is 13.7. The molecule has 0 aromatic heterocycles. The summed E-state index contributed by atoms with van der Waals surface area (Å²) in [4.78, 5) is 64.5. The Balaban J connectivity index is 1.71. The highest BCUT2D eigenvalue weighted by molar-refractivity contribution is 6.23. The SMILES string of the molecule is CC(=O)Oc1ccc(N2C(=O)CC(N(C(=O)c3cccc([N+](=O)[O-])c3)C(C)c3ccccc3)C2=O)cc1.